The Morgan fingerprint density at radius 2 is 2.15 bits per heavy atom. The third-order valence-corrected chi connectivity index (χ3v) is 2.57. The molecule has 20 heavy (non-hydrogen) atoms. The average molecular weight is 277 g/mol. The van der Waals surface area contributed by atoms with Crippen molar-refractivity contribution in [3.63, 3.8) is 0 Å². The summed E-state index contributed by atoms with van der Waals surface area (Å²) in [7, 11) is 0. The van der Waals surface area contributed by atoms with Crippen LogP contribution in [0.4, 0.5) is 10.1 Å². The number of rotatable bonds is 4. The van der Waals surface area contributed by atoms with Gasteiger partial charge in [0.1, 0.15) is 11.6 Å². The van der Waals surface area contributed by atoms with Gasteiger partial charge in [0.2, 0.25) is 5.75 Å². The Bertz CT molecular complexity index is 629. The predicted molar refractivity (Wildman–Crippen MR) is 70.0 cm³/mol. The molecule has 0 unspecified atom stereocenters. The van der Waals surface area contributed by atoms with E-state index >= 15 is 0 Å². The van der Waals surface area contributed by atoms with Gasteiger partial charge < -0.3 is 10.5 Å². The van der Waals surface area contributed by atoms with Crippen molar-refractivity contribution in [3.05, 3.63) is 58.2 Å². The molecule has 1 aromatic carbocycles. The second kappa shape index (κ2) is 5.62. The molecule has 1 heterocycles. The Kier molecular flexibility index (Phi) is 3.90. The van der Waals surface area contributed by atoms with Gasteiger partial charge in [-0.2, -0.15) is 0 Å². The normalized spacial score (nSPS) is 11.9. The number of halogens is 1. The van der Waals surface area contributed by atoms with Crippen molar-refractivity contribution in [2.75, 3.05) is 0 Å². The molecule has 0 spiro atoms. The van der Waals surface area contributed by atoms with Crippen LogP contribution in [0.5, 0.6) is 11.5 Å². The summed E-state index contributed by atoms with van der Waals surface area (Å²) < 4.78 is 18.4. The fourth-order valence-electron chi connectivity index (χ4n) is 1.57. The van der Waals surface area contributed by atoms with Gasteiger partial charge in [-0.15, -0.1) is 0 Å². The molecule has 0 aliphatic rings. The molecule has 1 atom stereocenters. The summed E-state index contributed by atoms with van der Waals surface area (Å²) in [5.74, 6) is -0.440. The van der Waals surface area contributed by atoms with E-state index in [0.717, 1.165) is 12.1 Å². The van der Waals surface area contributed by atoms with Crippen LogP contribution in [0.15, 0.2) is 36.5 Å². The molecule has 0 aliphatic heterocycles. The number of nitrogens with two attached hydrogens (primary N) is 1. The minimum Gasteiger partial charge on any atom is -0.449 e. The molecule has 2 rings (SSSR count). The Hall–Kier alpha value is -2.54. The summed E-state index contributed by atoms with van der Waals surface area (Å²) in [6.07, 6.45) is 1.41. The maximum atomic E-state index is 13.0. The van der Waals surface area contributed by atoms with E-state index in [-0.39, 0.29) is 11.8 Å². The molecule has 2 N–H and O–H groups in total. The number of nitro benzene ring substituents is 1. The van der Waals surface area contributed by atoms with Crippen LogP contribution in [0.3, 0.4) is 0 Å². The Balaban J connectivity index is 2.28. The van der Waals surface area contributed by atoms with Gasteiger partial charge in [0.15, 0.2) is 0 Å². The van der Waals surface area contributed by atoms with Gasteiger partial charge in [-0.1, -0.05) is 0 Å². The summed E-state index contributed by atoms with van der Waals surface area (Å²) in [5.41, 5.74) is 5.89. The number of nitrogens with zero attached hydrogens (tertiary/aromatic N) is 2. The zero-order valence-electron chi connectivity index (χ0n) is 10.6. The Morgan fingerprint density at radius 1 is 1.40 bits per heavy atom. The lowest BCUT2D eigenvalue weighted by Gasteiger charge is -2.08. The first kappa shape index (κ1) is 13.9. The number of benzene rings is 1. The highest BCUT2D eigenvalue weighted by molar-refractivity contribution is 5.48. The van der Waals surface area contributed by atoms with Gasteiger partial charge in [-0.25, -0.2) is 4.39 Å². The molecule has 0 aliphatic carbocycles. The van der Waals surface area contributed by atoms with Gasteiger partial charge in [0, 0.05) is 6.04 Å². The van der Waals surface area contributed by atoms with Gasteiger partial charge in [0.25, 0.3) is 0 Å². The molecule has 104 valence electrons. The average Bonchev–Trinajstić information content (AvgIpc) is 2.41. The van der Waals surface area contributed by atoms with E-state index in [0.29, 0.717) is 11.4 Å². The first-order valence-corrected chi connectivity index (χ1v) is 5.80. The number of nitro groups is 1. The first-order chi connectivity index (χ1) is 9.47. The highest BCUT2D eigenvalue weighted by Gasteiger charge is 2.17. The standard InChI is InChI=1S/C13H12FN3O3/c1-8(15)11-4-3-10(7-16-11)20-13-5-2-9(14)6-12(13)17(18)19/h2-8H,15H2,1H3/t8-/m0/s1. The molecule has 0 saturated heterocycles. The van der Waals surface area contributed by atoms with Crippen LogP contribution in [0.1, 0.15) is 18.7 Å². The zero-order valence-corrected chi connectivity index (χ0v) is 10.6. The monoisotopic (exact) mass is 277 g/mol. The van der Waals surface area contributed by atoms with E-state index in [1.807, 2.05) is 0 Å². The van der Waals surface area contributed by atoms with Gasteiger partial charge in [-0.3, -0.25) is 15.1 Å². The SMILES string of the molecule is C[C@H](N)c1ccc(Oc2ccc(F)cc2[N+](=O)[O-])cn1. The van der Waals surface area contributed by atoms with Crippen LogP contribution in [0.2, 0.25) is 0 Å². The van der Waals surface area contributed by atoms with Crippen molar-refractivity contribution in [1.29, 1.82) is 0 Å². The maximum Gasteiger partial charge on any atom is 0.314 e. The molecule has 2 aromatic rings. The number of hydrogen-bond donors (Lipinski definition) is 1. The molecule has 0 fully saturated rings. The summed E-state index contributed by atoms with van der Waals surface area (Å²) in [5, 5.41) is 10.8. The van der Waals surface area contributed by atoms with E-state index in [4.69, 9.17) is 10.5 Å². The summed E-state index contributed by atoms with van der Waals surface area (Å²) >= 11 is 0. The van der Waals surface area contributed by atoms with Crippen molar-refractivity contribution in [3.8, 4) is 11.5 Å². The van der Waals surface area contributed by atoms with E-state index in [1.54, 1.807) is 19.1 Å². The number of hydrogen-bond acceptors (Lipinski definition) is 5. The second-order valence-corrected chi connectivity index (χ2v) is 4.18. The van der Waals surface area contributed by atoms with Crippen molar-refractivity contribution in [1.82, 2.24) is 4.98 Å². The highest BCUT2D eigenvalue weighted by Crippen LogP contribution is 2.31. The van der Waals surface area contributed by atoms with Crippen LogP contribution in [0, 0.1) is 15.9 Å². The Morgan fingerprint density at radius 3 is 2.70 bits per heavy atom. The first-order valence-electron chi connectivity index (χ1n) is 5.80. The van der Waals surface area contributed by atoms with Crippen LogP contribution in [-0.4, -0.2) is 9.91 Å². The predicted octanol–water partition coefficient (Wildman–Crippen LogP) is 2.94. The lowest BCUT2D eigenvalue weighted by atomic mass is 10.2. The van der Waals surface area contributed by atoms with Gasteiger partial charge >= 0.3 is 5.69 Å². The third-order valence-electron chi connectivity index (χ3n) is 2.57. The smallest absolute Gasteiger partial charge is 0.314 e. The van der Waals surface area contributed by atoms with Crippen LogP contribution in [0.25, 0.3) is 0 Å². The Labute approximate surface area is 114 Å². The lowest BCUT2D eigenvalue weighted by Crippen LogP contribution is -2.06. The van der Waals surface area contributed by atoms with E-state index in [2.05, 4.69) is 4.98 Å². The molecule has 6 nitrogen and oxygen atoms in total. The van der Waals surface area contributed by atoms with Crippen LogP contribution < -0.4 is 10.5 Å². The maximum absolute atomic E-state index is 13.0. The molecular weight excluding hydrogens is 265 g/mol. The van der Waals surface area contributed by atoms with E-state index in [1.165, 1.54) is 12.3 Å². The number of pyridine rings is 1. The van der Waals surface area contributed by atoms with Crippen molar-refractivity contribution in [2.24, 2.45) is 5.73 Å². The van der Waals surface area contributed by atoms with E-state index < -0.39 is 16.4 Å². The molecule has 1 aromatic heterocycles. The van der Waals surface area contributed by atoms with Gasteiger partial charge in [-0.05, 0) is 31.2 Å². The lowest BCUT2D eigenvalue weighted by molar-refractivity contribution is -0.385. The number of ether oxygens (including phenoxy) is 1. The summed E-state index contributed by atoms with van der Waals surface area (Å²) in [4.78, 5) is 14.2. The van der Waals surface area contributed by atoms with Crippen molar-refractivity contribution < 1.29 is 14.1 Å². The minimum absolute atomic E-state index is 0.0493. The molecule has 0 saturated carbocycles. The largest absolute Gasteiger partial charge is 0.449 e. The molecule has 0 amide bonds. The van der Waals surface area contributed by atoms with Gasteiger partial charge in [0.05, 0.1) is 22.9 Å². The van der Waals surface area contributed by atoms with Crippen LogP contribution in [-0.2, 0) is 0 Å². The summed E-state index contributed by atoms with van der Waals surface area (Å²) in [6.45, 7) is 1.79. The van der Waals surface area contributed by atoms with Crippen molar-refractivity contribution in [2.45, 2.75) is 13.0 Å². The highest BCUT2D eigenvalue weighted by atomic mass is 19.1. The third kappa shape index (κ3) is 3.07. The number of aromatic nitrogens is 1. The quantitative estimate of drug-likeness (QED) is 0.685. The van der Waals surface area contributed by atoms with Crippen LogP contribution >= 0.6 is 0 Å². The molecule has 7 heteroatoms. The second-order valence-electron chi connectivity index (χ2n) is 4.18. The molecule has 0 radical (unpaired) electrons. The molecule has 0 bridgehead atoms. The van der Waals surface area contributed by atoms with E-state index in [9.17, 15) is 14.5 Å². The zero-order chi connectivity index (χ0) is 14.7. The fraction of sp³-hybridized carbons (Fsp3) is 0.154. The molecular formula is C13H12FN3O3. The minimum atomic E-state index is -0.706. The topological polar surface area (TPSA) is 91.3 Å². The van der Waals surface area contributed by atoms with Crippen molar-refractivity contribution >= 4 is 5.69 Å². The summed E-state index contributed by atoms with van der Waals surface area (Å²) in [6, 6.07) is 6.14. The fourth-order valence-corrected chi connectivity index (χ4v) is 1.57.